The van der Waals surface area contributed by atoms with E-state index in [9.17, 15) is 9.59 Å². The molecular weight excluding hydrogens is 762 g/mol. The van der Waals surface area contributed by atoms with Crippen LogP contribution in [0.15, 0.2) is 102 Å². The SMILES string of the molecule is COc1ccc(NC(=O)c2ccc(-c3ccncc3)nc2)cc1N1CCN(C)CC1.COc1ccc(NC(=O)c2ccc(Br)nc2)cc1N1CCN(C)CC1. The van der Waals surface area contributed by atoms with E-state index in [1.165, 1.54) is 0 Å². The molecule has 5 aromatic rings. The highest BCUT2D eigenvalue weighted by Gasteiger charge is 2.20. The number of hydrogen-bond donors (Lipinski definition) is 2. The molecule has 2 fully saturated rings. The molecule has 0 bridgehead atoms. The Morgan fingerprint density at radius 3 is 1.51 bits per heavy atom. The second-order valence-electron chi connectivity index (χ2n) is 13.3. The second kappa shape index (κ2) is 18.7. The van der Waals surface area contributed by atoms with Crippen LogP contribution in [-0.2, 0) is 0 Å². The fraction of sp³-hybridized carbons (Fsp3) is 0.293. The fourth-order valence-electron chi connectivity index (χ4n) is 6.26. The van der Waals surface area contributed by atoms with Gasteiger partial charge < -0.3 is 39.7 Å². The van der Waals surface area contributed by atoms with E-state index in [1.54, 1.807) is 57.2 Å². The Labute approximate surface area is 330 Å². The molecule has 14 heteroatoms. The van der Waals surface area contributed by atoms with Crippen LogP contribution in [0.25, 0.3) is 11.3 Å². The second-order valence-corrected chi connectivity index (χ2v) is 14.1. The topological polar surface area (TPSA) is 128 Å². The summed E-state index contributed by atoms with van der Waals surface area (Å²) < 4.78 is 11.7. The highest BCUT2D eigenvalue weighted by Crippen LogP contribution is 2.33. The number of halogens is 1. The average Bonchev–Trinajstić information content (AvgIpc) is 3.22. The zero-order chi connectivity index (χ0) is 38.7. The van der Waals surface area contributed by atoms with Crippen LogP contribution in [0, 0.1) is 0 Å². The molecule has 7 rings (SSSR count). The van der Waals surface area contributed by atoms with Crippen LogP contribution in [0.4, 0.5) is 22.7 Å². The molecule has 13 nitrogen and oxygen atoms in total. The Morgan fingerprint density at radius 2 is 1.09 bits per heavy atom. The van der Waals surface area contributed by atoms with Gasteiger partial charge in [-0.25, -0.2) is 4.98 Å². The molecule has 0 unspecified atom stereocenters. The highest BCUT2D eigenvalue weighted by molar-refractivity contribution is 9.10. The zero-order valence-electron chi connectivity index (χ0n) is 31.5. The number of piperazine rings is 2. The Balaban J connectivity index is 0.000000190. The molecule has 0 spiro atoms. The van der Waals surface area contributed by atoms with Crippen molar-refractivity contribution in [1.29, 1.82) is 0 Å². The molecule has 2 aromatic carbocycles. The molecule has 2 N–H and O–H groups in total. The normalized spacial score (nSPS) is 14.7. The number of anilines is 4. The van der Waals surface area contributed by atoms with Gasteiger partial charge in [-0.1, -0.05) is 0 Å². The van der Waals surface area contributed by atoms with Crippen molar-refractivity contribution in [1.82, 2.24) is 24.8 Å². The number of nitrogens with zero attached hydrogens (tertiary/aromatic N) is 7. The molecule has 55 heavy (non-hydrogen) atoms. The van der Waals surface area contributed by atoms with Crippen molar-refractivity contribution in [2.24, 2.45) is 0 Å². The number of ether oxygens (including phenoxy) is 2. The number of aromatic nitrogens is 3. The number of rotatable bonds is 9. The summed E-state index contributed by atoms with van der Waals surface area (Å²) in [6, 6.07) is 22.3. The van der Waals surface area contributed by atoms with Gasteiger partial charge in [0.15, 0.2) is 0 Å². The third-order valence-corrected chi connectivity index (χ3v) is 10.0. The number of methoxy groups -OCH3 is 2. The van der Waals surface area contributed by atoms with Gasteiger partial charge in [0.25, 0.3) is 11.8 Å². The Kier molecular flexibility index (Phi) is 13.3. The van der Waals surface area contributed by atoms with E-state index in [0.717, 1.165) is 97.9 Å². The Hall–Kier alpha value is -5.57. The van der Waals surface area contributed by atoms with Crippen molar-refractivity contribution in [2.75, 3.05) is 101 Å². The lowest BCUT2D eigenvalue weighted by Gasteiger charge is -2.34. The average molecular weight is 809 g/mol. The molecular formula is C41H46BrN9O4. The molecule has 2 aliphatic heterocycles. The van der Waals surface area contributed by atoms with E-state index in [1.807, 2.05) is 54.6 Å². The van der Waals surface area contributed by atoms with E-state index in [0.29, 0.717) is 15.7 Å². The molecule has 0 saturated carbocycles. The van der Waals surface area contributed by atoms with Crippen molar-refractivity contribution in [2.45, 2.75) is 0 Å². The van der Waals surface area contributed by atoms with Crippen LogP contribution in [0.1, 0.15) is 20.7 Å². The Bertz CT molecular complexity index is 2040. The summed E-state index contributed by atoms with van der Waals surface area (Å²) in [5.74, 6) is 1.24. The summed E-state index contributed by atoms with van der Waals surface area (Å²) in [6.07, 6.45) is 6.58. The van der Waals surface area contributed by atoms with E-state index < -0.39 is 0 Å². The predicted octanol–water partition coefficient (Wildman–Crippen LogP) is 6.01. The first-order valence-corrected chi connectivity index (χ1v) is 18.8. The molecule has 5 heterocycles. The van der Waals surface area contributed by atoms with Gasteiger partial charge in [-0.05, 0) is 103 Å². The number of benzene rings is 2. The number of likely N-dealkylation sites (N-methyl/N-ethyl adjacent to an activating group) is 2. The highest BCUT2D eigenvalue weighted by atomic mass is 79.9. The Morgan fingerprint density at radius 1 is 0.618 bits per heavy atom. The minimum Gasteiger partial charge on any atom is -0.495 e. The van der Waals surface area contributed by atoms with Crippen molar-refractivity contribution >= 4 is 50.5 Å². The predicted molar refractivity (Wildman–Crippen MR) is 221 cm³/mol. The van der Waals surface area contributed by atoms with Crippen LogP contribution >= 0.6 is 15.9 Å². The lowest BCUT2D eigenvalue weighted by molar-refractivity contribution is 0.101. The minimum absolute atomic E-state index is 0.186. The van der Waals surface area contributed by atoms with Gasteiger partial charge in [-0.3, -0.25) is 19.6 Å². The van der Waals surface area contributed by atoms with Gasteiger partial charge in [0.2, 0.25) is 0 Å². The van der Waals surface area contributed by atoms with Crippen LogP contribution < -0.4 is 29.9 Å². The number of nitrogens with one attached hydrogen (secondary N) is 2. The van der Waals surface area contributed by atoms with E-state index in [-0.39, 0.29) is 11.8 Å². The summed E-state index contributed by atoms with van der Waals surface area (Å²) in [5, 5.41) is 5.91. The maximum absolute atomic E-state index is 12.7. The molecule has 2 saturated heterocycles. The number of carbonyl (C=O) groups is 2. The number of carbonyl (C=O) groups excluding carboxylic acids is 2. The maximum Gasteiger partial charge on any atom is 0.257 e. The van der Waals surface area contributed by atoms with Gasteiger partial charge in [0.1, 0.15) is 16.1 Å². The first kappa shape index (κ1) is 39.1. The van der Waals surface area contributed by atoms with E-state index in [4.69, 9.17) is 9.47 Å². The van der Waals surface area contributed by atoms with Crippen LogP contribution in [0.3, 0.4) is 0 Å². The lowest BCUT2D eigenvalue weighted by atomic mass is 10.1. The maximum atomic E-state index is 12.7. The first-order valence-electron chi connectivity index (χ1n) is 18.0. The first-order chi connectivity index (χ1) is 26.7. The van der Waals surface area contributed by atoms with Crippen molar-refractivity contribution < 1.29 is 19.1 Å². The fourth-order valence-corrected chi connectivity index (χ4v) is 6.50. The summed E-state index contributed by atoms with van der Waals surface area (Å²) in [6.45, 7) is 7.70. The van der Waals surface area contributed by atoms with E-state index >= 15 is 0 Å². The molecule has 2 aliphatic rings. The molecule has 0 radical (unpaired) electrons. The quantitative estimate of drug-likeness (QED) is 0.170. The van der Waals surface area contributed by atoms with Gasteiger partial charge in [-0.15, -0.1) is 0 Å². The third-order valence-electron chi connectivity index (χ3n) is 9.55. The molecule has 3 aromatic heterocycles. The molecule has 286 valence electrons. The smallest absolute Gasteiger partial charge is 0.257 e. The van der Waals surface area contributed by atoms with Crippen molar-refractivity contribution in [3.8, 4) is 22.8 Å². The number of hydrogen-bond acceptors (Lipinski definition) is 11. The van der Waals surface area contributed by atoms with Crippen molar-refractivity contribution in [3.63, 3.8) is 0 Å². The molecule has 0 atom stereocenters. The lowest BCUT2D eigenvalue weighted by Crippen LogP contribution is -2.44. The standard InChI is InChI=1S/C23H25N5O2.C18H21BrN4O2/c1-27-11-13-28(14-12-27)21-15-19(4-6-22(21)30-2)26-23(29)18-3-5-20(25-16-18)17-7-9-24-10-8-17;1-22-7-9-23(10-8-22)15-11-14(4-5-16(15)25-2)21-18(24)13-3-6-17(19)20-12-13/h3-10,15-16H,11-14H2,1-2H3,(H,26,29);3-6,11-12H,7-10H2,1-2H3,(H,21,24). The van der Waals surface area contributed by atoms with Gasteiger partial charge >= 0.3 is 0 Å². The van der Waals surface area contributed by atoms with Gasteiger partial charge in [0.05, 0.1) is 42.4 Å². The largest absolute Gasteiger partial charge is 0.495 e. The molecule has 2 amide bonds. The number of amides is 2. The summed E-state index contributed by atoms with van der Waals surface area (Å²) in [7, 11) is 7.58. The van der Waals surface area contributed by atoms with E-state index in [2.05, 4.69) is 75.2 Å². The third kappa shape index (κ3) is 10.4. The monoisotopic (exact) mass is 807 g/mol. The van der Waals surface area contributed by atoms with Crippen molar-refractivity contribution in [3.05, 3.63) is 113 Å². The minimum atomic E-state index is -0.196. The van der Waals surface area contributed by atoms with Crippen LogP contribution in [0.2, 0.25) is 0 Å². The summed E-state index contributed by atoms with van der Waals surface area (Å²) in [5.41, 5.74) is 6.25. The van der Waals surface area contributed by atoms with Gasteiger partial charge in [-0.2, -0.15) is 0 Å². The zero-order valence-corrected chi connectivity index (χ0v) is 33.1. The van der Waals surface area contributed by atoms with Gasteiger partial charge in [0, 0.05) is 94.1 Å². The number of pyridine rings is 3. The summed E-state index contributed by atoms with van der Waals surface area (Å²) in [4.78, 5) is 46.8. The summed E-state index contributed by atoms with van der Waals surface area (Å²) >= 11 is 3.27. The van der Waals surface area contributed by atoms with Crippen LogP contribution in [0.5, 0.6) is 11.5 Å². The molecule has 0 aliphatic carbocycles. The van der Waals surface area contributed by atoms with Crippen LogP contribution in [-0.4, -0.2) is 117 Å².